The van der Waals surface area contributed by atoms with Crippen LogP contribution in [0.15, 0.2) is 12.2 Å². The Bertz CT molecular complexity index is 149. The maximum atomic E-state index is 4.95. The first-order chi connectivity index (χ1) is 4.34. The van der Waals surface area contributed by atoms with Crippen LogP contribution in [0, 0.1) is 0 Å². The van der Waals surface area contributed by atoms with Crippen LogP contribution in [0.3, 0.4) is 0 Å². The van der Waals surface area contributed by atoms with E-state index in [0.29, 0.717) is 12.8 Å². The highest BCUT2D eigenvalue weighted by atomic mass is 16.5. The Labute approximate surface area is 55.5 Å². The van der Waals surface area contributed by atoms with Crippen LogP contribution in [0.2, 0.25) is 0 Å². The lowest BCUT2D eigenvalue weighted by atomic mass is 10.3. The summed E-state index contributed by atoms with van der Waals surface area (Å²) in [6.45, 7) is 2.83. The zero-order valence-corrected chi connectivity index (χ0v) is 5.87. The van der Waals surface area contributed by atoms with Gasteiger partial charge in [0, 0.05) is 20.1 Å². The third kappa shape index (κ3) is 1.39. The predicted molar refractivity (Wildman–Crippen MR) is 36.8 cm³/mol. The summed E-state index contributed by atoms with van der Waals surface area (Å²) in [5.41, 5.74) is 0. The maximum Gasteiger partial charge on any atom is 0.247 e. The second kappa shape index (κ2) is 2.78. The van der Waals surface area contributed by atoms with Crippen LogP contribution in [0.5, 0.6) is 0 Å². The monoisotopic (exact) mass is 126 g/mol. The maximum absolute atomic E-state index is 4.95. The Morgan fingerprint density at radius 1 is 1.67 bits per heavy atom. The lowest BCUT2D eigenvalue weighted by Crippen LogP contribution is -2.20. The third-order valence-electron chi connectivity index (χ3n) is 1.47. The number of ether oxygens (including phenoxy) is 1. The van der Waals surface area contributed by atoms with E-state index in [-0.39, 0.29) is 0 Å². The number of nitrogens with zero attached hydrogens (tertiary/aromatic N) is 1. The van der Waals surface area contributed by atoms with Crippen molar-refractivity contribution in [2.75, 3.05) is 13.8 Å². The Balaban J connectivity index is 2.44. The summed E-state index contributed by atoms with van der Waals surface area (Å²) in [4.78, 5) is 0. The number of rotatable bonds is 2. The van der Waals surface area contributed by atoms with Gasteiger partial charge in [-0.15, -0.1) is 0 Å². The first-order valence-electron chi connectivity index (χ1n) is 3.11. The molecule has 1 unspecified atom stereocenters. The molecule has 50 valence electrons. The number of hydrogen-bond donors (Lipinski definition) is 0. The van der Waals surface area contributed by atoms with Crippen molar-refractivity contribution >= 4 is 6.21 Å². The molecule has 0 aliphatic carbocycles. The lowest BCUT2D eigenvalue weighted by Gasteiger charge is -2.00. The van der Waals surface area contributed by atoms with Gasteiger partial charge in [-0.1, -0.05) is 0 Å². The summed E-state index contributed by atoms with van der Waals surface area (Å²) in [7, 11) is 1.71. The Kier molecular flexibility index (Phi) is 2.01. The highest BCUT2D eigenvalue weighted by molar-refractivity contribution is 5.68. The van der Waals surface area contributed by atoms with Crippen molar-refractivity contribution in [3.8, 4) is 0 Å². The van der Waals surface area contributed by atoms with Crippen LogP contribution in [0.4, 0.5) is 0 Å². The highest BCUT2D eigenvalue weighted by Crippen LogP contribution is 1.97. The largest absolute Gasteiger partial charge is 0.327 e. The number of allylic oxidation sites excluding steroid dienone is 1. The van der Waals surface area contributed by atoms with Crippen LogP contribution in [0.1, 0.15) is 6.92 Å². The van der Waals surface area contributed by atoms with Crippen molar-refractivity contribution in [3.05, 3.63) is 12.2 Å². The molecular weight excluding hydrogens is 114 g/mol. The topological polar surface area (TPSA) is 12.2 Å². The van der Waals surface area contributed by atoms with Crippen molar-refractivity contribution in [2.45, 2.75) is 13.0 Å². The molecule has 0 bridgehead atoms. The molecule has 0 aromatic rings. The molecule has 1 aliphatic heterocycles. The van der Waals surface area contributed by atoms with E-state index >= 15 is 0 Å². The Morgan fingerprint density at radius 2 is 2.44 bits per heavy atom. The van der Waals surface area contributed by atoms with Gasteiger partial charge in [0.05, 0.1) is 0 Å². The minimum Gasteiger partial charge on any atom is -0.327 e. The number of methoxy groups -OCH3 is 1. The van der Waals surface area contributed by atoms with Crippen molar-refractivity contribution in [1.82, 2.24) is 0 Å². The molecule has 0 radical (unpaired) electrons. The summed E-state index contributed by atoms with van der Waals surface area (Å²) in [6.07, 6.45) is 6.22. The van der Waals surface area contributed by atoms with E-state index < -0.39 is 0 Å². The molecule has 0 aromatic carbocycles. The fourth-order valence-electron chi connectivity index (χ4n) is 0.877. The van der Waals surface area contributed by atoms with Gasteiger partial charge in [0.2, 0.25) is 6.73 Å². The van der Waals surface area contributed by atoms with Gasteiger partial charge in [-0.25, -0.2) is 4.58 Å². The molecule has 1 heterocycles. The van der Waals surface area contributed by atoms with Crippen LogP contribution in [-0.2, 0) is 4.74 Å². The van der Waals surface area contributed by atoms with Crippen LogP contribution >= 0.6 is 0 Å². The van der Waals surface area contributed by atoms with Gasteiger partial charge < -0.3 is 4.74 Å². The van der Waals surface area contributed by atoms with E-state index in [1.807, 2.05) is 12.3 Å². The standard InChI is InChI=1S/C7H12NO/c1-7-4-3-5-8(7)6-9-2/h3-5,7H,6H2,1-2H3/q+1. The first-order valence-corrected chi connectivity index (χ1v) is 3.11. The van der Waals surface area contributed by atoms with Gasteiger partial charge in [-0.05, 0) is 6.08 Å². The lowest BCUT2D eigenvalue weighted by molar-refractivity contribution is -0.579. The molecular formula is C7H12NO+. The summed E-state index contributed by atoms with van der Waals surface area (Å²) >= 11 is 0. The fourth-order valence-corrected chi connectivity index (χ4v) is 0.877. The number of hydrogen-bond acceptors (Lipinski definition) is 1. The second-order valence-electron chi connectivity index (χ2n) is 2.21. The molecule has 1 atom stereocenters. The minimum absolute atomic E-state index is 0.505. The molecule has 1 rings (SSSR count). The Hall–Kier alpha value is -0.630. The predicted octanol–water partition coefficient (Wildman–Crippen LogP) is 0.632. The molecule has 0 saturated heterocycles. The van der Waals surface area contributed by atoms with Crippen LogP contribution in [-0.4, -0.2) is 30.7 Å². The fraction of sp³-hybridized carbons (Fsp3) is 0.571. The van der Waals surface area contributed by atoms with Gasteiger partial charge in [0.25, 0.3) is 0 Å². The molecule has 0 fully saturated rings. The van der Waals surface area contributed by atoms with Gasteiger partial charge in [-0.3, -0.25) is 0 Å². The molecule has 0 saturated carbocycles. The average molecular weight is 126 g/mol. The molecule has 1 aliphatic rings. The molecule has 2 nitrogen and oxygen atoms in total. The SMILES string of the molecule is COC[N+]1=CC=CC1C. The van der Waals surface area contributed by atoms with Crippen molar-refractivity contribution in [1.29, 1.82) is 0 Å². The van der Waals surface area contributed by atoms with Gasteiger partial charge in [0.15, 0.2) is 12.3 Å². The minimum atomic E-state index is 0.505. The first kappa shape index (κ1) is 6.49. The van der Waals surface area contributed by atoms with E-state index in [4.69, 9.17) is 4.74 Å². The summed E-state index contributed by atoms with van der Waals surface area (Å²) in [6, 6.07) is 0.505. The van der Waals surface area contributed by atoms with Crippen molar-refractivity contribution < 1.29 is 9.31 Å². The zero-order chi connectivity index (χ0) is 6.69. The van der Waals surface area contributed by atoms with Crippen LogP contribution < -0.4 is 0 Å². The normalized spacial score (nSPS) is 24.7. The van der Waals surface area contributed by atoms with Crippen molar-refractivity contribution in [2.24, 2.45) is 0 Å². The summed E-state index contributed by atoms with van der Waals surface area (Å²) < 4.78 is 7.08. The highest BCUT2D eigenvalue weighted by Gasteiger charge is 2.13. The molecule has 0 spiro atoms. The van der Waals surface area contributed by atoms with E-state index in [1.54, 1.807) is 7.11 Å². The second-order valence-corrected chi connectivity index (χ2v) is 2.21. The summed E-state index contributed by atoms with van der Waals surface area (Å²) in [5, 5.41) is 0. The quantitative estimate of drug-likeness (QED) is 0.494. The van der Waals surface area contributed by atoms with Crippen molar-refractivity contribution in [3.63, 3.8) is 0 Å². The molecule has 9 heavy (non-hydrogen) atoms. The molecule has 0 aromatic heterocycles. The molecule has 0 amide bonds. The van der Waals surface area contributed by atoms with Gasteiger partial charge in [0.1, 0.15) is 0 Å². The van der Waals surface area contributed by atoms with E-state index in [9.17, 15) is 0 Å². The Morgan fingerprint density at radius 3 is 2.89 bits per heavy atom. The van der Waals surface area contributed by atoms with E-state index in [0.717, 1.165) is 0 Å². The third-order valence-corrected chi connectivity index (χ3v) is 1.47. The smallest absolute Gasteiger partial charge is 0.247 e. The molecule has 2 heteroatoms. The summed E-state index contributed by atoms with van der Waals surface area (Å²) in [5.74, 6) is 0. The average Bonchev–Trinajstić information content (AvgIpc) is 2.18. The van der Waals surface area contributed by atoms with E-state index in [1.165, 1.54) is 0 Å². The van der Waals surface area contributed by atoms with Gasteiger partial charge in [-0.2, -0.15) is 0 Å². The zero-order valence-electron chi connectivity index (χ0n) is 5.87. The van der Waals surface area contributed by atoms with Gasteiger partial charge >= 0.3 is 0 Å². The van der Waals surface area contributed by atoms with E-state index in [2.05, 4.69) is 17.6 Å². The molecule has 0 N–H and O–H groups in total. The van der Waals surface area contributed by atoms with Crippen LogP contribution in [0.25, 0.3) is 0 Å².